The fourth-order valence-corrected chi connectivity index (χ4v) is 3.38. The van der Waals surface area contributed by atoms with Crippen molar-refractivity contribution in [1.29, 1.82) is 0 Å². The number of nitro groups is 1. The summed E-state index contributed by atoms with van der Waals surface area (Å²) in [4.78, 5) is 37.4. The number of carbonyl (C=O) groups is 2. The van der Waals surface area contributed by atoms with E-state index in [0.717, 1.165) is 12.1 Å². The molecule has 0 saturated carbocycles. The van der Waals surface area contributed by atoms with Crippen LogP contribution in [0.25, 0.3) is 0 Å². The fourth-order valence-electron chi connectivity index (χ4n) is 3.38. The van der Waals surface area contributed by atoms with Crippen LogP contribution in [0.15, 0.2) is 12.1 Å². The number of anilines is 1. The molecule has 0 aromatic heterocycles. The quantitative estimate of drug-likeness (QED) is 0.294. The highest BCUT2D eigenvalue weighted by molar-refractivity contribution is 5.96. The molecule has 1 heterocycles. The summed E-state index contributed by atoms with van der Waals surface area (Å²) >= 11 is 0. The summed E-state index contributed by atoms with van der Waals surface area (Å²) in [5, 5.41) is 16.9. The highest BCUT2D eigenvalue weighted by Crippen LogP contribution is 2.28. The normalized spacial score (nSPS) is 16.1. The van der Waals surface area contributed by atoms with Crippen molar-refractivity contribution in [2.24, 2.45) is 0 Å². The highest BCUT2D eigenvalue weighted by atomic mass is 19.1. The van der Waals surface area contributed by atoms with Crippen LogP contribution in [0.5, 0.6) is 0 Å². The fraction of sp³-hybridized carbons (Fsp3) is 0.636. The summed E-state index contributed by atoms with van der Waals surface area (Å²) in [7, 11) is 1.54. The van der Waals surface area contributed by atoms with Crippen LogP contribution in [-0.2, 0) is 14.2 Å². The minimum absolute atomic E-state index is 0.0526. The molecule has 2 rings (SSSR count). The summed E-state index contributed by atoms with van der Waals surface area (Å²) < 4.78 is 30.2. The minimum atomic E-state index is -0.897. The predicted octanol–water partition coefficient (Wildman–Crippen LogP) is 2.94. The second-order valence-corrected chi connectivity index (χ2v) is 8.88. The number of carbonyl (C=O) groups excluding carboxylic acids is 2. The average molecular weight is 485 g/mol. The zero-order valence-corrected chi connectivity index (χ0v) is 20.0. The lowest BCUT2D eigenvalue weighted by Gasteiger charge is -2.34. The Morgan fingerprint density at radius 3 is 2.65 bits per heavy atom. The first-order valence-electron chi connectivity index (χ1n) is 11.1. The third kappa shape index (κ3) is 8.41. The molecular weight excluding hydrogens is 451 g/mol. The Bertz CT molecular complexity index is 876. The molecule has 1 aliphatic heterocycles. The summed E-state index contributed by atoms with van der Waals surface area (Å²) in [6.45, 7) is 7.18. The number of amides is 2. The van der Waals surface area contributed by atoms with Gasteiger partial charge in [-0.1, -0.05) is 0 Å². The van der Waals surface area contributed by atoms with E-state index >= 15 is 0 Å². The van der Waals surface area contributed by atoms with Gasteiger partial charge in [0.1, 0.15) is 17.1 Å². The van der Waals surface area contributed by atoms with E-state index in [-0.39, 0.29) is 25.4 Å². The van der Waals surface area contributed by atoms with Crippen LogP contribution >= 0.6 is 0 Å². The number of hydrogen-bond acceptors (Lipinski definition) is 8. The highest BCUT2D eigenvalue weighted by Gasteiger charge is 2.30. The average Bonchev–Trinajstić information content (AvgIpc) is 2.75. The molecule has 11 nitrogen and oxygen atoms in total. The Hall–Kier alpha value is -2.99. The second-order valence-electron chi connectivity index (χ2n) is 8.88. The molecule has 2 amide bonds. The molecular formula is C22H33FN4O7. The molecule has 0 spiro atoms. The van der Waals surface area contributed by atoms with Gasteiger partial charge in [-0.2, -0.15) is 0 Å². The first-order chi connectivity index (χ1) is 16.0. The van der Waals surface area contributed by atoms with Crippen LogP contribution in [0.4, 0.5) is 20.6 Å². The third-order valence-corrected chi connectivity index (χ3v) is 4.93. The van der Waals surface area contributed by atoms with Crippen LogP contribution in [0.2, 0.25) is 0 Å². The molecule has 1 aromatic carbocycles. The largest absolute Gasteiger partial charge is 0.444 e. The van der Waals surface area contributed by atoms with Crippen molar-refractivity contribution in [2.45, 2.75) is 45.3 Å². The molecule has 1 saturated heterocycles. The van der Waals surface area contributed by atoms with Gasteiger partial charge in [0.2, 0.25) is 0 Å². The van der Waals surface area contributed by atoms with Crippen molar-refractivity contribution in [2.75, 3.05) is 51.9 Å². The number of benzene rings is 1. The van der Waals surface area contributed by atoms with E-state index in [0.29, 0.717) is 32.6 Å². The number of ether oxygens (including phenoxy) is 3. The van der Waals surface area contributed by atoms with Gasteiger partial charge in [0.05, 0.1) is 30.3 Å². The van der Waals surface area contributed by atoms with Crippen LogP contribution in [0.1, 0.15) is 44.0 Å². The third-order valence-electron chi connectivity index (χ3n) is 4.93. The number of hydrogen-bond donors (Lipinski definition) is 2. The lowest BCUT2D eigenvalue weighted by molar-refractivity contribution is -0.384. The number of halogens is 1. The zero-order chi connectivity index (χ0) is 25.3. The maximum absolute atomic E-state index is 14.7. The molecule has 1 aliphatic rings. The molecule has 34 heavy (non-hydrogen) atoms. The lowest BCUT2D eigenvalue weighted by atomic mass is 10.0. The summed E-state index contributed by atoms with van der Waals surface area (Å²) in [6, 6.07) is 1.40. The van der Waals surface area contributed by atoms with E-state index < -0.39 is 45.6 Å². The number of likely N-dealkylation sites (tertiary alicyclic amines) is 1. The van der Waals surface area contributed by atoms with Crippen LogP contribution in [-0.4, -0.2) is 80.0 Å². The molecule has 1 aromatic rings. The first-order valence-corrected chi connectivity index (χ1v) is 11.1. The standard InChI is InChI=1S/C22H33FN4O7/c1-22(2,3)34-21(29)26-8-5-6-15(14-26)25-20(28)16-12-19(27(30)31)18(13-17(16)23)24-7-9-33-11-10-32-4/h12-13,15,24H,5-11,14H2,1-4H3,(H,25,28). The first kappa shape index (κ1) is 27.3. The van der Waals surface area contributed by atoms with Gasteiger partial charge in [-0.05, 0) is 33.6 Å². The Labute approximate surface area is 198 Å². The van der Waals surface area contributed by atoms with Crippen LogP contribution in [0, 0.1) is 15.9 Å². The SMILES string of the molecule is COCCOCCNc1cc(F)c(C(=O)NC2CCCN(C(=O)OC(C)(C)C)C2)cc1[N+](=O)[O-]. The Kier molecular flexibility index (Phi) is 9.99. The lowest BCUT2D eigenvalue weighted by Crippen LogP contribution is -2.50. The molecule has 2 N–H and O–H groups in total. The van der Waals surface area contributed by atoms with Gasteiger partial charge in [-0.25, -0.2) is 9.18 Å². The number of nitrogens with zero attached hydrogens (tertiary/aromatic N) is 2. The molecule has 0 aliphatic carbocycles. The molecule has 12 heteroatoms. The van der Waals surface area contributed by atoms with Crippen LogP contribution in [0.3, 0.4) is 0 Å². The summed E-state index contributed by atoms with van der Waals surface area (Å²) in [6.07, 6.45) is 0.717. The van der Waals surface area contributed by atoms with Crippen molar-refractivity contribution < 1.29 is 33.1 Å². The van der Waals surface area contributed by atoms with Gasteiger partial charge in [-0.3, -0.25) is 14.9 Å². The molecule has 0 radical (unpaired) electrons. The Balaban J connectivity index is 2.04. The molecule has 1 fully saturated rings. The van der Waals surface area contributed by atoms with Gasteiger partial charge in [0.15, 0.2) is 0 Å². The minimum Gasteiger partial charge on any atom is -0.444 e. The predicted molar refractivity (Wildman–Crippen MR) is 123 cm³/mol. The molecule has 1 atom stereocenters. The number of methoxy groups -OCH3 is 1. The number of nitro benzene ring substituents is 1. The monoisotopic (exact) mass is 484 g/mol. The smallest absolute Gasteiger partial charge is 0.410 e. The molecule has 1 unspecified atom stereocenters. The maximum atomic E-state index is 14.7. The van der Waals surface area contributed by atoms with E-state index in [1.165, 1.54) is 12.0 Å². The van der Waals surface area contributed by atoms with Crippen molar-refractivity contribution in [3.8, 4) is 0 Å². The number of nitrogens with one attached hydrogen (secondary N) is 2. The van der Waals surface area contributed by atoms with Gasteiger partial charge < -0.3 is 29.7 Å². The van der Waals surface area contributed by atoms with Crippen molar-refractivity contribution in [1.82, 2.24) is 10.2 Å². The molecule has 190 valence electrons. The maximum Gasteiger partial charge on any atom is 0.410 e. The van der Waals surface area contributed by atoms with Gasteiger partial charge >= 0.3 is 6.09 Å². The Morgan fingerprint density at radius 2 is 2.00 bits per heavy atom. The summed E-state index contributed by atoms with van der Waals surface area (Å²) in [5.74, 6) is -1.68. The van der Waals surface area contributed by atoms with E-state index in [9.17, 15) is 24.1 Å². The number of rotatable bonds is 10. The van der Waals surface area contributed by atoms with Gasteiger partial charge in [0, 0.05) is 44.9 Å². The van der Waals surface area contributed by atoms with E-state index in [2.05, 4.69) is 10.6 Å². The molecule has 0 bridgehead atoms. The van der Waals surface area contributed by atoms with Crippen LogP contribution < -0.4 is 10.6 Å². The summed E-state index contributed by atoms with van der Waals surface area (Å²) in [5.41, 5.74) is -1.57. The van der Waals surface area contributed by atoms with Crippen molar-refractivity contribution >= 4 is 23.4 Å². The van der Waals surface area contributed by atoms with Gasteiger partial charge in [-0.15, -0.1) is 0 Å². The second kappa shape index (κ2) is 12.5. The van der Waals surface area contributed by atoms with Crippen molar-refractivity contribution in [3.63, 3.8) is 0 Å². The Morgan fingerprint density at radius 1 is 1.26 bits per heavy atom. The zero-order valence-electron chi connectivity index (χ0n) is 20.0. The van der Waals surface area contributed by atoms with Gasteiger partial charge in [0.25, 0.3) is 11.6 Å². The van der Waals surface area contributed by atoms with E-state index in [1.54, 1.807) is 20.8 Å². The van der Waals surface area contributed by atoms with Crippen molar-refractivity contribution in [3.05, 3.63) is 33.6 Å². The number of piperidine rings is 1. The topological polar surface area (TPSA) is 132 Å². The van der Waals surface area contributed by atoms with E-state index in [4.69, 9.17) is 14.2 Å². The van der Waals surface area contributed by atoms with E-state index in [1.807, 2.05) is 0 Å².